The zero-order chi connectivity index (χ0) is 19.2. The number of hydrogen-bond acceptors (Lipinski definition) is 2. The molecule has 0 aliphatic rings. The summed E-state index contributed by atoms with van der Waals surface area (Å²) in [5, 5.41) is 0. The topological polar surface area (TPSA) is 0 Å². The van der Waals surface area contributed by atoms with Crippen LogP contribution in [0.25, 0.3) is 0 Å². The van der Waals surface area contributed by atoms with Crippen LogP contribution in [0, 0.1) is 0 Å². The van der Waals surface area contributed by atoms with E-state index in [-0.39, 0.29) is 3.70 Å². The minimum Gasteiger partial charge on any atom is -0.111 e. The van der Waals surface area contributed by atoms with Gasteiger partial charge in [-0.25, -0.2) is 0 Å². The third kappa shape index (κ3) is 5.53. The van der Waals surface area contributed by atoms with E-state index in [0.29, 0.717) is 0 Å². The Morgan fingerprint density at radius 3 is 1.44 bits per heavy atom. The predicted molar refractivity (Wildman–Crippen MR) is 125 cm³/mol. The molecule has 3 heteroatoms. The van der Waals surface area contributed by atoms with E-state index in [0.717, 1.165) is 6.42 Å². The van der Waals surface area contributed by atoms with Gasteiger partial charge in [0.25, 0.3) is 0 Å². The van der Waals surface area contributed by atoms with Crippen LogP contribution < -0.4 is 0 Å². The Bertz CT molecular complexity index is 770. The Labute approximate surface area is 173 Å². The van der Waals surface area contributed by atoms with Crippen molar-refractivity contribution < 1.29 is 0 Å². The van der Waals surface area contributed by atoms with Gasteiger partial charge in [0.2, 0.25) is 0 Å². The summed E-state index contributed by atoms with van der Waals surface area (Å²) in [6.45, 7) is 7.55. The highest BCUT2D eigenvalue weighted by molar-refractivity contribution is 8.20. The standard InChI is InChI=1S/C24H28S2Si/c1-27(2,3)24(25-22-15-9-5-10-16-22,26-23-17-11-6-12-18-23)20-19-21-13-7-4-8-14-21/h4-18H,19-20H2,1-3H3. The maximum absolute atomic E-state index is 2.52. The molecule has 3 aromatic carbocycles. The van der Waals surface area contributed by atoms with Crippen LogP contribution in [0.5, 0.6) is 0 Å². The molecular weight excluding hydrogens is 380 g/mol. The lowest BCUT2D eigenvalue weighted by Gasteiger charge is -2.43. The van der Waals surface area contributed by atoms with Crippen molar-refractivity contribution in [3.05, 3.63) is 96.6 Å². The van der Waals surface area contributed by atoms with Gasteiger partial charge in [-0.05, 0) is 42.7 Å². The van der Waals surface area contributed by atoms with E-state index < -0.39 is 8.07 Å². The number of hydrogen-bond donors (Lipinski definition) is 0. The molecule has 0 aliphatic heterocycles. The average Bonchev–Trinajstić information content (AvgIpc) is 2.68. The molecule has 0 fully saturated rings. The van der Waals surface area contributed by atoms with E-state index in [1.165, 1.54) is 21.8 Å². The Hall–Kier alpha value is -1.42. The van der Waals surface area contributed by atoms with Gasteiger partial charge >= 0.3 is 0 Å². The van der Waals surface area contributed by atoms with Gasteiger partial charge in [-0.2, -0.15) is 0 Å². The summed E-state index contributed by atoms with van der Waals surface area (Å²) in [7, 11) is -1.53. The zero-order valence-corrected chi connectivity index (χ0v) is 19.0. The van der Waals surface area contributed by atoms with Crippen LogP contribution in [0.1, 0.15) is 12.0 Å². The van der Waals surface area contributed by atoms with Gasteiger partial charge in [0.15, 0.2) is 0 Å². The minimum atomic E-state index is -1.53. The van der Waals surface area contributed by atoms with Crippen molar-refractivity contribution in [1.29, 1.82) is 0 Å². The second-order valence-corrected chi connectivity index (χ2v) is 16.9. The second-order valence-electron chi connectivity index (χ2n) is 7.82. The highest BCUT2D eigenvalue weighted by Gasteiger charge is 2.45. The molecule has 3 aromatic rings. The molecule has 0 atom stereocenters. The fraction of sp³-hybridized carbons (Fsp3) is 0.250. The summed E-state index contributed by atoms with van der Waals surface area (Å²) < 4.78 is 0.172. The van der Waals surface area contributed by atoms with Gasteiger partial charge in [-0.3, -0.25) is 0 Å². The van der Waals surface area contributed by atoms with Gasteiger partial charge in [-0.15, -0.1) is 23.5 Å². The van der Waals surface area contributed by atoms with Crippen LogP contribution in [-0.4, -0.2) is 11.8 Å². The van der Waals surface area contributed by atoms with Crippen LogP contribution in [-0.2, 0) is 6.42 Å². The Balaban J connectivity index is 1.95. The largest absolute Gasteiger partial charge is 0.111 e. The summed E-state index contributed by atoms with van der Waals surface area (Å²) in [5.41, 5.74) is 1.43. The molecule has 0 aliphatic carbocycles. The van der Waals surface area contributed by atoms with E-state index in [9.17, 15) is 0 Å². The summed E-state index contributed by atoms with van der Waals surface area (Å²) in [5.74, 6) is 0. The molecule has 0 saturated heterocycles. The van der Waals surface area contributed by atoms with Gasteiger partial charge in [0.1, 0.15) is 0 Å². The molecule has 27 heavy (non-hydrogen) atoms. The average molecular weight is 409 g/mol. The molecule has 0 aromatic heterocycles. The number of aryl methyl sites for hydroxylation is 1. The van der Waals surface area contributed by atoms with E-state index in [4.69, 9.17) is 0 Å². The van der Waals surface area contributed by atoms with Crippen molar-refractivity contribution in [2.45, 2.75) is 46.0 Å². The van der Waals surface area contributed by atoms with Crippen molar-refractivity contribution in [2.24, 2.45) is 0 Å². The third-order valence-corrected chi connectivity index (χ3v) is 14.2. The van der Waals surface area contributed by atoms with Crippen molar-refractivity contribution in [3.8, 4) is 0 Å². The maximum atomic E-state index is 2.52. The highest BCUT2D eigenvalue weighted by Crippen LogP contribution is 2.53. The lowest BCUT2D eigenvalue weighted by molar-refractivity contribution is 0.842. The van der Waals surface area contributed by atoms with Crippen LogP contribution in [0.2, 0.25) is 19.6 Å². The van der Waals surface area contributed by atoms with Gasteiger partial charge in [0.05, 0.1) is 11.8 Å². The van der Waals surface area contributed by atoms with Crippen molar-refractivity contribution in [2.75, 3.05) is 0 Å². The molecule has 3 rings (SSSR count). The van der Waals surface area contributed by atoms with E-state index in [1.54, 1.807) is 0 Å². The molecule has 0 spiro atoms. The minimum absolute atomic E-state index is 0.172. The fourth-order valence-electron chi connectivity index (χ4n) is 3.12. The lowest BCUT2D eigenvalue weighted by Crippen LogP contribution is -2.47. The monoisotopic (exact) mass is 408 g/mol. The first-order chi connectivity index (χ1) is 13.0. The van der Waals surface area contributed by atoms with Crippen LogP contribution in [0.3, 0.4) is 0 Å². The third-order valence-electron chi connectivity index (χ3n) is 4.78. The van der Waals surface area contributed by atoms with E-state index in [2.05, 4.69) is 134 Å². The molecule has 0 saturated carbocycles. The second kappa shape index (κ2) is 9.18. The Morgan fingerprint density at radius 2 is 1.04 bits per heavy atom. The smallest absolute Gasteiger partial charge is 0.0761 e. The quantitative estimate of drug-likeness (QED) is 0.212. The normalized spacial score (nSPS) is 12.1. The SMILES string of the molecule is C[Si](C)(C)C(CCc1ccccc1)(Sc1ccccc1)Sc1ccccc1. The van der Waals surface area contributed by atoms with Crippen molar-refractivity contribution in [3.63, 3.8) is 0 Å². The van der Waals surface area contributed by atoms with Crippen LogP contribution in [0.4, 0.5) is 0 Å². The van der Waals surface area contributed by atoms with E-state index >= 15 is 0 Å². The molecular formula is C24H28S2Si. The number of rotatable bonds is 8. The highest BCUT2D eigenvalue weighted by atomic mass is 32.2. The lowest BCUT2D eigenvalue weighted by atomic mass is 10.1. The first-order valence-corrected chi connectivity index (χ1v) is 14.6. The number of benzene rings is 3. The first kappa shape index (κ1) is 20.3. The summed E-state index contributed by atoms with van der Waals surface area (Å²) >= 11 is 4.16. The van der Waals surface area contributed by atoms with Crippen molar-refractivity contribution in [1.82, 2.24) is 0 Å². The maximum Gasteiger partial charge on any atom is 0.0761 e. The molecule has 0 amide bonds. The molecule has 0 N–H and O–H groups in total. The number of thioether (sulfide) groups is 2. The molecule has 0 heterocycles. The summed E-state index contributed by atoms with van der Waals surface area (Å²) in [6, 6.07) is 32.8. The fourth-order valence-corrected chi connectivity index (χ4v) is 9.65. The molecule has 0 unspecified atom stereocenters. The summed E-state index contributed by atoms with van der Waals surface area (Å²) in [4.78, 5) is 2.74. The van der Waals surface area contributed by atoms with Gasteiger partial charge in [-0.1, -0.05) is 86.4 Å². The van der Waals surface area contributed by atoms with Gasteiger partial charge < -0.3 is 0 Å². The van der Waals surface area contributed by atoms with Crippen molar-refractivity contribution >= 4 is 31.6 Å². The zero-order valence-electron chi connectivity index (χ0n) is 16.4. The van der Waals surface area contributed by atoms with Crippen LogP contribution in [0.15, 0.2) is 101 Å². The van der Waals surface area contributed by atoms with Gasteiger partial charge in [0, 0.05) is 9.79 Å². The molecule has 0 bridgehead atoms. The first-order valence-electron chi connectivity index (χ1n) is 9.51. The van der Waals surface area contributed by atoms with E-state index in [1.807, 2.05) is 0 Å². The molecule has 0 radical (unpaired) electrons. The Morgan fingerprint density at radius 1 is 0.630 bits per heavy atom. The Kier molecular flexibility index (Phi) is 6.91. The van der Waals surface area contributed by atoms with Crippen LogP contribution >= 0.6 is 23.5 Å². The predicted octanol–water partition coefficient (Wildman–Crippen LogP) is 7.78. The molecule has 0 nitrogen and oxygen atoms in total. The summed E-state index contributed by atoms with van der Waals surface area (Å²) in [6.07, 6.45) is 2.29. The molecule has 140 valence electrons.